The van der Waals surface area contributed by atoms with Gasteiger partial charge in [-0.2, -0.15) is 5.10 Å². The van der Waals surface area contributed by atoms with Gasteiger partial charge in [0.1, 0.15) is 6.61 Å². The summed E-state index contributed by atoms with van der Waals surface area (Å²) in [5.41, 5.74) is 0.901. The Kier molecular flexibility index (Phi) is 2.44. The van der Waals surface area contributed by atoms with Crippen molar-refractivity contribution in [3.8, 4) is 5.88 Å². The zero-order valence-electron chi connectivity index (χ0n) is 7.92. The maximum Gasteiger partial charge on any atom is 0.213 e. The first-order valence-electron chi connectivity index (χ1n) is 4.37. The molecule has 0 fully saturated rings. The number of hydrogen-bond donors (Lipinski definition) is 0. The molecule has 2 heterocycles. The second-order valence-electron chi connectivity index (χ2n) is 2.94. The van der Waals surface area contributed by atoms with Gasteiger partial charge >= 0.3 is 0 Å². The fourth-order valence-electron chi connectivity index (χ4n) is 1.12. The van der Waals surface area contributed by atoms with Crippen molar-refractivity contribution in [2.24, 2.45) is 7.05 Å². The highest BCUT2D eigenvalue weighted by molar-refractivity contribution is 5.10. The first kappa shape index (κ1) is 8.74. The van der Waals surface area contributed by atoms with Gasteiger partial charge in [0.25, 0.3) is 0 Å². The lowest BCUT2D eigenvalue weighted by Crippen LogP contribution is -1.98. The van der Waals surface area contributed by atoms with Gasteiger partial charge < -0.3 is 4.74 Å². The van der Waals surface area contributed by atoms with Gasteiger partial charge in [0.15, 0.2) is 0 Å². The third-order valence-electron chi connectivity index (χ3n) is 1.77. The molecular weight excluding hydrogens is 178 g/mol. The van der Waals surface area contributed by atoms with Gasteiger partial charge in [0, 0.05) is 25.5 Å². The van der Waals surface area contributed by atoms with E-state index in [9.17, 15) is 0 Å². The largest absolute Gasteiger partial charge is 0.471 e. The molecule has 4 heteroatoms. The molecule has 0 saturated heterocycles. The molecule has 0 aromatic carbocycles. The maximum absolute atomic E-state index is 5.42. The van der Waals surface area contributed by atoms with Crippen LogP contribution >= 0.6 is 0 Å². The molecule has 0 amide bonds. The number of aryl methyl sites for hydroxylation is 1. The summed E-state index contributed by atoms with van der Waals surface area (Å²) >= 11 is 0. The van der Waals surface area contributed by atoms with E-state index in [0.717, 1.165) is 5.69 Å². The predicted octanol–water partition coefficient (Wildman–Crippen LogP) is 1.39. The Hall–Kier alpha value is -1.84. The summed E-state index contributed by atoms with van der Waals surface area (Å²) in [5.74, 6) is 0.623. The minimum atomic E-state index is 0.456. The number of nitrogens with zero attached hydrogens (tertiary/aromatic N) is 3. The Labute approximate surface area is 82.2 Å². The van der Waals surface area contributed by atoms with E-state index in [0.29, 0.717) is 12.5 Å². The third kappa shape index (κ3) is 2.10. The van der Waals surface area contributed by atoms with Gasteiger partial charge in [0.05, 0.1) is 5.69 Å². The molecule has 0 spiro atoms. The predicted molar refractivity (Wildman–Crippen MR) is 51.8 cm³/mol. The molecular formula is C10H11N3O. The fourth-order valence-corrected chi connectivity index (χ4v) is 1.12. The highest BCUT2D eigenvalue weighted by Crippen LogP contribution is 2.06. The SMILES string of the molecule is Cn1ccc(COc2ccccn2)n1. The lowest BCUT2D eigenvalue weighted by molar-refractivity contribution is 0.288. The second kappa shape index (κ2) is 3.91. The Morgan fingerprint density at radius 3 is 2.93 bits per heavy atom. The molecule has 2 aromatic rings. The first-order valence-corrected chi connectivity index (χ1v) is 4.37. The Balaban J connectivity index is 1.95. The van der Waals surface area contributed by atoms with Crippen molar-refractivity contribution in [3.05, 3.63) is 42.4 Å². The Bertz CT molecular complexity index is 397. The summed E-state index contributed by atoms with van der Waals surface area (Å²) in [7, 11) is 1.88. The van der Waals surface area contributed by atoms with E-state index in [2.05, 4.69) is 10.1 Å². The normalized spacial score (nSPS) is 10.1. The molecule has 0 aliphatic carbocycles. The van der Waals surface area contributed by atoms with E-state index in [1.54, 1.807) is 10.9 Å². The number of rotatable bonds is 3. The average Bonchev–Trinajstić information content (AvgIpc) is 2.63. The Morgan fingerprint density at radius 1 is 1.36 bits per heavy atom. The van der Waals surface area contributed by atoms with Gasteiger partial charge in [-0.1, -0.05) is 6.07 Å². The average molecular weight is 189 g/mol. The highest BCUT2D eigenvalue weighted by Gasteiger charge is 1.98. The molecule has 14 heavy (non-hydrogen) atoms. The van der Waals surface area contributed by atoms with Crippen molar-refractivity contribution in [1.29, 1.82) is 0 Å². The van der Waals surface area contributed by atoms with Gasteiger partial charge in [-0.15, -0.1) is 0 Å². The van der Waals surface area contributed by atoms with Crippen molar-refractivity contribution in [2.45, 2.75) is 6.61 Å². The zero-order valence-corrected chi connectivity index (χ0v) is 7.92. The van der Waals surface area contributed by atoms with Crippen molar-refractivity contribution in [1.82, 2.24) is 14.8 Å². The number of hydrogen-bond acceptors (Lipinski definition) is 3. The van der Waals surface area contributed by atoms with Crippen molar-refractivity contribution >= 4 is 0 Å². The Morgan fingerprint density at radius 2 is 2.29 bits per heavy atom. The fraction of sp³-hybridized carbons (Fsp3) is 0.200. The molecule has 0 atom stereocenters. The van der Waals surface area contributed by atoms with Crippen molar-refractivity contribution < 1.29 is 4.74 Å². The van der Waals surface area contributed by atoms with Crippen LogP contribution in [0.15, 0.2) is 36.7 Å². The van der Waals surface area contributed by atoms with Crippen LogP contribution in [0.4, 0.5) is 0 Å². The molecule has 2 aromatic heterocycles. The van der Waals surface area contributed by atoms with E-state index in [4.69, 9.17) is 4.74 Å². The topological polar surface area (TPSA) is 39.9 Å². The quantitative estimate of drug-likeness (QED) is 0.732. The van der Waals surface area contributed by atoms with Gasteiger partial charge in [-0.25, -0.2) is 4.98 Å². The number of pyridine rings is 1. The zero-order chi connectivity index (χ0) is 9.80. The van der Waals surface area contributed by atoms with Crippen molar-refractivity contribution in [2.75, 3.05) is 0 Å². The van der Waals surface area contributed by atoms with Crippen LogP contribution in [0.2, 0.25) is 0 Å². The first-order chi connectivity index (χ1) is 6.84. The van der Waals surface area contributed by atoms with E-state index in [1.807, 2.05) is 37.5 Å². The summed E-state index contributed by atoms with van der Waals surface area (Å²) in [6.45, 7) is 0.456. The summed E-state index contributed by atoms with van der Waals surface area (Å²) in [6.07, 6.45) is 3.59. The third-order valence-corrected chi connectivity index (χ3v) is 1.77. The van der Waals surface area contributed by atoms with Gasteiger partial charge in [-0.05, 0) is 12.1 Å². The summed E-state index contributed by atoms with van der Waals surface area (Å²) in [4.78, 5) is 4.04. The summed E-state index contributed by atoms with van der Waals surface area (Å²) < 4.78 is 7.17. The van der Waals surface area contributed by atoms with E-state index in [-0.39, 0.29) is 0 Å². The number of ether oxygens (including phenoxy) is 1. The molecule has 0 bridgehead atoms. The highest BCUT2D eigenvalue weighted by atomic mass is 16.5. The van der Waals surface area contributed by atoms with Crippen LogP contribution in [0.25, 0.3) is 0 Å². The molecule has 2 rings (SSSR count). The van der Waals surface area contributed by atoms with Crippen molar-refractivity contribution in [3.63, 3.8) is 0 Å². The minimum absolute atomic E-state index is 0.456. The van der Waals surface area contributed by atoms with Crippen LogP contribution in [0, 0.1) is 0 Å². The van der Waals surface area contributed by atoms with Gasteiger partial charge in [-0.3, -0.25) is 4.68 Å². The van der Waals surface area contributed by atoms with E-state index < -0.39 is 0 Å². The molecule has 0 radical (unpaired) electrons. The standard InChI is InChI=1S/C10H11N3O/c1-13-7-5-9(12-13)8-14-10-4-2-3-6-11-10/h2-7H,8H2,1H3. The molecule has 0 aliphatic heterocycles. The lowest BCUT2D eigenvalue weighted by atomic mass is 10.4. The summed E-state index contributed by atoms with van der Waals surface area (Å²) in [5, 5.41) is 4.19. The number of aromatic nitrogens is 3. The molecule has 0 aliphatic rings. The molecule has 0 saturated carbocycles. The van der Waals surface area contributed by atoms with Crippen LogP contribution < -0.4 is 4.74 Å². The molecule has 4 nitrogen and oxygen atoms in total. The van der Waals surface area contributed by atoms with Crippen LogP contribution in [0.3, 0.4) is 0 Å². The van der Waals surface area contributed by atoms with Crippen LogP contribution in [-0.4, -0.2) is 14.8 Å². The molecule has 0 unspecified atom stereocenters. The van der Waals surface area contributed by atoms with Crippen LogP contribution in [-0.2, 0) is 13.7 Å². The van der Waals surface area contributed by atoms with E-state index in [1.165, 1.54) is 0 Å². The molecule has 0 N–H and O–H groups in total. The summed E-state index contributed by atoms with van der Waals surface area (Å²) in [6, 6.07) is 7.49. The monoisotopic (exact) mass is 189 g/mol. The minimum Gasteiger partial charge on any atom is -0.471 e. The smallest absolute Gasteiger partial charge is 0.213 e. The van der Waals surface area contributed by atoms with Crippen LogP contribution in [0.5, 0.6) is 5.88 Å². The van der Waals surface area contributed by atoms with Crippen LogP contribution in [0.1, 0.15) is 5.69 Å². The second-order valence-corrected chi connectivity index (χ2v) is 2.94. The van der Waals surface area contributed by atoms with E-state index >= 15 is 0 Å². The van der Waals surface area contributed by atoms with Gasteiger partial charge in [0.2, 0.25) is 5.88 Å². The lowest BCUT2D eigenvalue weighted by Gasteiger charge is -2.01. The molecule has 72 valence electrons. The maximum atomic E-state index is 5.42.